The van der Waals surface area contributed by atoms with Crippen LogP contribution in [0, 0.1) is 6.92 Å². The fraction of sp³-hybridized carbons (Fsp3) is 0.174. The highest BCUT2D eigenvalue weighted by Crippen LogP contribution is 2.24. The summed E-state index contributed by atoms with van der Waals surface area (Å²) in [6, 6.07) is 17.3. The Balaban J connectivity index is 1.64. The van der Waals surface area contributed by atoms with Gasteiger partial charge in [-0.15, -0.1) is 11.3 Å². The first-order valence-electron chi connectivity index (χ1n) is 9.64. The lowest BCUT2D eigenvalue weighted by atomic mass is 10.1. The van der Waals surface area contributed by atoms with Crippen molar-refractivity contribution in [2.24, 2.45) is 0 Å². The maximum absolute atomic E-state index is 13.2. The predicted molar refractivity (Wildman–Crippen MR) is 125 cm³/mol. The van der Waals surface area contributed by atoms with Crippen LogP contribution in [0.2, 0.25) is 0 Å². The predicted octanol–water partition coefficient (Wildman–Crippen LogP) is 5.05. The third kappa shape index (κ3) is 4.17. The molecule has 0 bridgehead atoms. The van der Waals surface area contributed by atoms with Crippen molar-refractivity contribution in [3.8, 4) is 5.69 Å². The van der Waals surface area contributed by atoms with Crippen LogP contribution in [0.15, 0.2) is 69.9 Å². The number of carbonyl (C=O) groups excluding carboxylic acids is 1. The Morgan fingerprint density at radius 1 is 1.17 bits per heavy atom. The molecule has 0 saturated heterocycles. The Morgan fingerprint density at radius 3 is 2.80 bits per heavy atom. The van der Waals surface area contributed by atoms with Crippen LogP contribution >= 0.6 is 23.1 Å². The highest BCUT2D eigenvalue weighted by Gasteiger charge is 2.16. The van der Waals surface area contributed by atoms with Gasteiger partial charge in [0.05, 0.1) is 17.0 Å². The second-order valence-electron chi connectivity index (χ2n) is 6.86. The second-order valence-corrected chi connectivity index (χ2v) is 8.72. The zero-order valence-electron chi connectivity index (χ0n) is 16.7. The van der Waals surface area contributed by atoms with Gasteiger partial charge in [0, 0.05) is 5.69 Å². The normalized spacial score (nSPS) is 11.0. The molecule has 30 heavy (non-hydrogen) atoms. The maximum atomic E-state index is 13.2. The molecule has 7 heteroatoms. The largest absolute Gasteiger partial charge is 0.325 e. The number of hydrogen-bond donors (Lipinski definition) is 1. The number of aryl methyl sites for hydroxylation is 2. The molecule has 0 spiro atoms. The molecular formula is C23H21N3O2S2. The van der Waals surface area contributed by atoms with Crippen LogP contribution < -0.4 is 10.9 Å². The first kappa shape index (κ1) is 20.4. The summed E-state index contributed by atoms with van der Waals surface area (Å²) in [6.07, 6.45) is 0.840. The van der Waals surface area contributed by atoms with E-state index >= 15 is 0 Å². The molecule has 0 saturated carbocycles. The summed E-state index contributed by atoms with van der Waals surface area (Å²) in [5.41, 5.74) is 4.26. The SMILES string of the molecule is CCc1ccccc1NC(=O)CSc1nc2ccsc2c(=O)n1-c1cccc(C)c1. The lowest BCUT2D eigenvalue weighted by molar-refractivity contribution is -0.113. The van der Waals surface area contributed by atoms with Gasteiger partial charge in [-0.05, 0) is 54.1 Å². The number of aromatic nitrogens is 2. The van der Waals surface area contributed by atoms with Gasteiger partial charge < -0.3 is 5.32 Å². The fourth-order valence-electron chi connectivity index (χ4n) is 3.25. The number of anilines is 1. The summed E-state index contributed by atoms with van der Waals surface area (Å²) < 4.78 is 2.21. The summed E-state index contributed by atoms with van der Waals surface area (Å²) in [7, 11) is 0. The van der Waals surface area contributed by atoms with E-state index in [1.165, 1.54) is 23.1 Å². The van der Waals surface area contributed by atoms with Crippen molar-refractivity contribution in [3.63, 3.8) is 0 Å². The number of nitrogens with zero attached hydrogens (tertiary/aromatic N) is 2. The molecule has 0 fully saturated rings. The minimum atomic E-state index is -0.128. The lowest BCUT2D eigenvalue weighted by Gasteiger charge is -2.13. The second kappa shape index (κ2) is 8.85. The monoisotopic (exact) mass is 435 g/mol. The van der Waals surface area contributed by atoms with Crippen molar-refractivity contribution in [3.05, 3.63) is 81.5 Å². The van der Waals surface area contributed by atoms with Crippen molar-refractivity contribution in [2.75, 3.05) is 11.1 Å². The number of thioether (sulfide) groups is 1. The number of thiophene rings is 1. The number of amides is 1. The Kier molecular flexibility index (Phi) is 6.01. The Hall–Kier alpha value is -2.90. The first-order valence-corrected chi connectivity index (χ1v) is 11.5. The average molecular weight is 436 g/mol. The topological polar surface area (TPSA) is 64.0 Å². The van der Waals surface area contributed by atoms with E-state index in [9.17, 15) is 9.59 Å². The minimum absolute atomic E-state index is 0.111. The van der Waals surface area contributed by atoms with Crippen molar-refractivity contribution in [1.29, 1.82) is 0 Å². The third-order valence-corrected chi connectivity index (χ3v) is 6.54. The lowest BCUT2D eigenvalue weighted by Crippen LogP contribution is -2.22. The Morgan fingerprint density at radius 2 is 2.00 bits per heavy atom. The van der Waals surface area contributed by atoms with Crippen molar-refractivity contribution in [2.45, 2.75) is 25.4 Å². The summed E-state index contributed by atoms with van der Waals surface area (Å²) in [4.78, 5) is 30.4. The van der Waals surface area contributed by atoms with Crippen molar-refractivity contribution >= 4 is 44.9 Å². The highest BCUT2D eigenvalue weighted by molar-refractivity contribution is 7.99. The van der Waals surface area contributed by atoms with Crippen LogP contribution in [0.3, 0.4) is 0 Å². The first-order chi connectivity index (χ1) is 14.6. The molecule has 0 unspecified atom stereocenters. The van der Waals surface area contributed by atoms with E-state index in [1.54, 1.807) is 4.57 Å². The summed E-state index contributed by atoms with van der Waals surface area (Å²) in [6.45, 7) is 4.04. The molecule has 2 aromatic carbocycles. The van der Waals surface area contributed by atoms with Gasteiger partial charge in [-0.25, -0.2) is 4.98 Å². The molecule has 152 valence electrons. The fourth-order valence-corrected chi connectivity index (χ4v) is 4.82. The number of nitrogens with one attached hydrogen (secondary N) is 1. The highest BCUT2D eigenvalue weighted by atomic mass is 32.2. The third-order valence-electron chi connectivity index (χ3n) is 4.71. The molecule has 5 nitrogen and oxygen atoms in total. The van der Waals surface area contributed by atoms with E-state index in [1.807, 2.05) is 66.9 Å². The van der Waals surface area contributed by atoms with Gasteiger partial charge in [0.25, 0.3) is 5.56 Å². The molecule has 2 aromatic heterocycles. The standard InChI is InChI=1S/C23H21N3O2S2/c1-3-16-8-4-5-10-18(16)24-20(27)14-30-23-25-19-11-12-29-21(19)22(28)26(23)17-9-6-7-15(2)13-17/h4-13H,3,14H2,1-2H3,(H,24,27). The minimum Gasteiger partial charge on any atom is -0.325 e. The van der Waals surface area contributed by atoms with Gasteiger partial charge >= 0.3 is 0 Å². The van der Waals surface area contributed by atoms with Crippen LogP contribution in [0.4, 0.5) is 5.69 Å². The van der Waals surface area contributed by atoms with Crippen LogP contribution in [0.25, 0.3) is 15.9 Å². The van der Waals surface area contributed by atoms with E-state index in [4.69, 9.17) is 0 Å². The molecule has 0 aliphatic carbocycles. The molecule has 0 radical (unpaired) electrons. The van der Waals surface area contributed by atoms with Crippen LogP contribution in [0.5, 0.6) is 0 Å². The van der Waals surface area contributed by atoms with Gasteiger partial charge in [0.15, 0.2) is 5.16 Å². The maximum Gasteiger partial charge on any atom is 0.276 e. The smallest absolute Gasteiger partial charge is 0.276 e. The molecular weight excluding hydrogens is 414 g/mol. The molecule has 0 aliphatic heterocycles. The molecule has 0 atom stereocenters. The van der Waals surface area contributed by atoms with Gasteiger partial charge in [-0.3, -0.25) is 14.2 Å². The van der Waals surface area contributed by atoms with E-state index in [2.05, 4.69) is 17.2 Å². The summed E-state index contributed by atoms with van der Waals surface area (Å²) >= 11 is 2.65. The average Bonchev–Trinajstić information content (AvgIpc) is 3.22. The number of para-hydroxylation sites is 1. The Labute approximate surface area is 182 Å². The summed E-state index contributed by atoms with van der Waals surface area (Å²) in [5, 5.41) is 5.35. The van der Waals surface area contributed by atoms with Crippen LogP contribution in [-0.4, -0.2) is 21.2 Å². The number of fused-ring (bicyclic) bond motifs is 1. The summed E-state index contributed by atoms with van der Waals surface area (Å²) in [5.74, 6) is 0.0303. The molecule has 1 N–H and O–H groups in total. The quantitative estimate of drug-likeness (QED) is 0.340. The van der Waals surface area contributed by atoms with Crippen molar-refractivity contribution in [1.82, 2.24) is 9.55 Å². The number of hydrogen-bond acceptors (Lipinski definition) is 5. The molecule has 4 aromatic rings. The molecule has 2 heterocycles. The zero-order chi connectivity index (χ0) is 21.1. The van der Waals surface area contributed by atoms with E-state index in [0.29, 0.717) is 15.4 Å². The van der Waals surface area contributed by atoms with Crippen molar-refractivity contribution < 1.29 is 4.79 Å². The Bertz CT molecular complexity index is 1280. The van der Waals surface area contributed by atoms with Gasteiger partial charge in [-0.2, -0.15) is 0 Å². The van der Waals surface area contributed by atoms with Crippen LogP contribution in [-0.2, 0) is 11.2 Å². The molecule has 0 aliphatic rings. The molecule has 1 amide bonds. The van der Waals surface area contributed by atoms with E-state index in [-0.39, 0.29) is 17.2 Å². The number of benzene rings is 2. The van der Waals surface area contributed by atoms with E-state index in [0.717, 1.165) is 28.9 Å². The van der Waals surface area contributed by atoms with Gasteiger partial charge in [0.2, 0.25) is 5.91 Å². The van der Waals surface area contributed by atoms with Gasteiger partial charge in [-0.1, -0.05) is 49.0 Å². The van der Waals surface area contributed by atoms with Crippen LogP contribution in [0.1, 0.15) is 18.1 Å². The number of rotatable bonds is 6. The van der Waals surface area contributed by atoms with E-state index < -0.39 is 0 Å². The zero-order valence-corrected chi connectivity index (χ0v) is 18.3. The number of carbonyl (C=O) groups is 1. The molecule has 4 rings (SSSR count). The van der Waals surface area contributed by atoms with Gasteiger partial charge in [0.1, 0.15) is 4.70 Å².